The van der Waals surface area contributed by atoms with E-state index in [0.717, 1.165) is 31.5 Å². The maximum Gasteiger partial charge on any atom is 0.410 e. The zero-order valence-corrected chi connectivity index (χ0v) is 31.4. The molecule has 0 unspecified atom stereocenters. The minimum Gasteiger partial charge on any atom is -0.457 e. The Kier molecular flexibility index (Phi) is 15.8. The fourth-order valence-electron chi connectivity index (χ4n) is 7.73. The molecular formula is C39H64N4O8. The minimum absolute atomic E-state index is 0.0250. The molecule has 0 radical (unpaired) electrons. The summed E-state index contributed by atoms with van der Waals surface area (Å²) in [6.45, 7) is 11.2. The zero-order valence-electron chi connectivity index (χ0n) is 31.4. The van der Waals surface area contributed by atoms with E-state index in [1.54, 1.807) is 22.8 Å². The summed E-state index contributed by atoms with van der Waals surface area (Å²) < 4.78 is 11.9. The van der Waals surface area contributed by atoms with Gasteiger partial charge in [0.1, 0.15) is 11.7 Å². The van der Waals surface area contributed by atoms with Gasteiger partial charge in [-0.25, -0.2) is 9.59 Å². The third-order valence-electron chi connectivity index (χ3n) is 11.1. The number of aliphatic hydroxyl groups excluding tert-OH is 2. The highest BCUT2D eigenvalue weighted by atomic mass is 16.6. The number of nitrogens with one attached hydrogen (secondary N) is 1. The van der Waals surface area contributed by atoms with Crippen LogP contribution in [0, 0.1) is 11.8 Å². The van der Waals surface area contributed by atoms with Gasteiger partial charge in [-0.1, -0.05) is 63.8 Å². The largest absolute Gasteiger partial charge is 0.457 e. The van der Waals surface area contributed by atoms with E-state index in [1.165, 1.54) is 38.5 Å². The molecule has 7 atom stereocenters. The van der Waals surface area contributed by atoms with Crippen molar-refractivity contribution in [2.24, 2.45) is 11.8 Å². The maximum atomic E-state index is 13.4. The van der Waals surface area contributed by atoms with Crippen LogP contribution in [0.5, 0.6) is 0 Å². The molecule has 0 aromatic carbocycles. The number of esters is 1. The van der Waals surface area contributed by atoms with E-state index in [9.17, 15) is 29.7 Å². The Balaban J connectivity index is 1.39. The predicted octanol–water partition coefficient (Wildman–Crippen LogP) is 4.54. The van der Waals surface area contributed by atoms with Gasteiger partial charge in [0.2, 0.25) is 0 Å². The molecule has 4 N–H and O–H groups in total. The minimum atomic E-state index is -1.47. The lowest BCUT2D eigenvalue weighted by atomic mass is 9.89. The van der Waals surface area contributed by atoms with Gasteiger partial charge in [0.15, 0.2) is 6.10 Å². The molecule has 0 aromatic heterocycles. The van der Waals surface area contributed by atoms with Crippen molar-refractivity contribution in [3.63, 3.8) is 0 Å². The third-order valence-corrected chi connectivity index (χ3v) is 11.1. The molecule has 0 spiro atoms. The van der Waals surface area contributed by atoms with Crippen molar-refractivity contribution >= 4 is 18.1 Å². The number of ether oxygens (including phenoxy) is 2. The van der Waals surface area contributed by atoms with Crippen LogP contribution in [0.4, 0.5) is 9.59 Å². The van der Waals surface area contributed by atoms with Gasteiger partial charge in [0.05, 0.1) is 25.2 Å². The molecule has 12 nitrogen and oxygen atoms in total. The molecule has 3 heterocycles. The number of allylic oxidation sites excluding steroid dienone is 2. The summed E-state index contributed by atoms with van der Waals surface area (Å²) in [6.07, 6.45) is 15.4. The number of carbonyl (C=O) groups excluding carboxylic acids is 3. The zero-order chi connectivity index (χ0) is 37.0. The second-order valence-electron chi connectivity index (χ2n) is 15.5. The first-order chi connectivity index (χ1) is 24.4. The highest BCUT2D eigenvalue weighted by Gasteiger charge is 2.37. The van der Waals surface area contributed by atoms with Gasteiger partial charge in [-0.2, -0.15) is 0 Å². The fraction of sp³-hybridized carbons (Fsp3) is 0.769. The van der Waals surface area contributed by atoms with E-state index >= 15 is 0 Å². The number of nitrogens with zero attached hydrogens (tertiary/aromatic N) is 3. The van der Waals surface area contributed by atoms with Crippen molar-refractivity contribution in [3.05, 3.63) is 36.0 Å². The molecule has 4 rings (SSSR count). The number of carbonyl (C=O) groups is 3. The number of amides is 3. The van der Waals surface area contributed by atoms with Crippen LogP contribution in [0.25, 0.3) is 0 Å². The normalized spacial score (nSPS) is 32.4. The molecule has 1 aliphatic carbocycles. The molecule has 3 fully saturated rings. The Hall–Kier alpha value is -2.93. The number of cyclic esters (lactones) is 1. The number of likely N-dealkylation sites (tertiary alicyclic amines) is 1. The summed E-state index contributed by atoms with van der Waals surface area (Å²) in [5.74, 6) is -0.848. The van der Waals surface area contributed by atoms with Gasteiger partial charge < -0.3 is 39.9 Å². The van der Waals surface area contributed by atoms with Crippen molar-refractivity contribution in [2.75, 3.05) is 45.9 Å². The smallest absolute Gasteiger partial charge is 0.410 e. The highest BCUT2D eigenvalue weighted by molar-refractivity contribution is 5.75. The van der Waals surface area contributed by atoms with Crippen LogP contribution in [0.2, 0.25) is 0 Å². The molecule has 288 valence electrons. The molecule has 1 saturated carbocycles. The van der Waals surface area contributed by atoms with E-state index in [4.69, 9.17) is 9.47 Å². The predicted molar refractivity (Wildman–Crippen MR) is 196 cm³/mol. The van der Waals surface area contributed by atoms with Crippen LogP contribution in [0.1, 0.15) is 98.3 Å². The molecule has 3 aliphatic heterocycles. The number of hydrogen-bond donors (Lipinski definition) is 4. The topological polar surface area (TPSA) is 152 Å². The summed E-state index contributed by atoms with van der Waals surface area (Å²) in [5.41, 5.74) is -0.699. The van der Waals surface area contributed by atoms with Crippen molar-refractivity contribution < 1.29 is 39.2 Å². The molecule has 0 aromatic rings. The average Bonchev–Trinajstić information content (AvgIpc) is 3.43. The van der Waals surface area contributed by atoms with Gasteiger partial charge in [-0.3, -0.25) is 9.69 Å². The second kappa shape index (κ2) is 19.8. The first-order valence-corrected chi connectivity index (χ1v) is 19.4. The van der Waals surface area contributed by atoms with Gasteiger partial charge in [0, 0.05) is 51.2 Å². The number of aliphatic hydroxyl groups is 3. The first-order valence-electron chi connectivity index (χ1n) is 19.4. The molecule has 4 aliphatic rings. The maximum absolute atomic E-state index is 13.4. The summed E-state index contributed by atoms with van der Waals surface area (Å²) in [4.78, 5) is 44.8. The molecule has 51 heavy (non-hydrogen) atoms. The summed E-state index contributed by atoms with van der Waals surface area (Å²) in [7, 11) is 0. The molecule has 12 heteroatoms. The fourth-order valence-corrected chi connectivity index (χ4v) is 7.73. The molecular weight excluding hydrogens is 652 g/mol. The standard InChI is InChI=1S/C39H64N4O8/c1-28(26-40-37(47)43-20-10-15-32(43)27-44)11-9-12-29(2)36-30(3)16-17-34(39(4,49)19-18-33(45)25-35(46)51-36)50-38(48)42-23-21-41(22-24-42)31-13-7-5-6-8-14-31/h9,11-12,16-17,28,30-34,36,44-45,49H,5-8,10,13-15,18-27H2,1-4H3,(H,40,47)/b11-9+,17-16-,29-12+/t28-,30+,32+,33-,34+,36-,39-/m1/s1. The van der Waals surface area contributed by atoms with Crippen LogP contribution in [0.15, 0.2) is 36.0 Å². The SMILES string of the molecule is C/C(=C\C=C\[C@@H](C)CNC(=O)N1CCC[C@H]1CO)[C@H]1OC(=O)C[C@H](O)CC[C@@](C)(O)[C@@H](OC(=O)N2CCN(C3CCCCCC3)CC2)/C=C\[C@@H]1C. The van der Waals surface area contributed by atoms with Crippen molar-refractivity contribution in [1.29, 1.82) is 0 Å². The molecule has 0 bridgehead atoms. The van der Waals surface area contributed by atoms with Crippen LogP contribution >= 0.6 is 0 Å². The Bertz CT molecular complexity index is 1220. The van der Waals surface area contributed by atoms with E-state index in [0.29, 0.717) is 32.2 Å². The number of piperazine rings is 1. The van der Waals surface area contributed by atoms with Gasteiger partial charge in [-0.05, 0) is 69.9 Å². The van der Waals surface area contributed by atoms with E-state index < -0.39 is 36.0 Å². The number of rotatable bonds is 8. The second-order valence-corrected chi connectivity index (χ2v) is 15.5. The summed E-state index contributed by atoms with van der Waals surface area (Å²) >= 11 is 0. The van der Waals surface area contributed by atoms with E-state index in [2.05, 4.69) is 10.2 Å². The van der Waals surface area contributed by atoms with Gasteiger partial charge >= 0.3 is 18.1 Å². The Morgan fingerprint density at radius 2 is 1.76 bits per heavy atom. The summed E-state index contributed by atoms with van der Waals surface area (Å²) in [5, 5.41) is 34.7. The molecule has 3 amide bonds. The number of urea groups is 1. The van der Waals surface area contributed by atoms with Crippen molar-refractivity contribution in [3.8, 4) is 0 Å². The lowest BCUT2D eigenvalue weighted by molar-refractivity contribution is -0.151. The Morgan fingerprint density at radius 3 is 2.45 bits per heavy atom. The van der Waals surface area contributed by atoms with Crippen LogP contribution in [0.3, 0.4) is 0 Å². The average molecular weight is 717 g/mol. The van der Waals surface area contributed by atoms with Crippen molar-refractivity contribution in [1.82, 2.24) is 20.0 Å². The quantitative estimate of drug-likeness (QED) is 0.123. The Labute approximate surface area is 304 Å². The van der Waals surface area contributed by atoms with Gasteiger partial charge in [0.25, 0.3) is 0 Å². The van der Waals surface area contributed by atoms with Gasteiger partial charge in [-0.15, -0.1) is 0 Å². The summed E-state index contributed by atoms with van der Waals surface area (Å²) in [6, 6.07) is 0.287. The van der Waals surface area contributed by atoms with Crippen LogP contribution in [-0.4, -0.2) is 130 Å². The first kappa shape index (κ1) is 40.8. The monoisotopic (exact) mass is 716 g/mol. The lowest BCUT2D eigenvalue weighted by Gasteiger charge is -2.40. The van der Waals surface area contributed by atoms with Crippen LogP contribution < -0.4 is 5.32 Å². The van der Waals surface area contributed by atoms with E-state index in [1.807, 2.05) is 45.1 Å². The Morgan fingerprint density at radius 1 is 1.06 bits per heavy atom. The van der Waals surface area contributed by atoms with E-state index in [-0.39, 0.29) is 49.8 Å². The van der Waals surface area contributed by atoms with Crippen LogP contribution in [-0.2, 0) is 14.3 Å². The third kappa shape index (κ3) is 12.3. The molecule has 2 saturated heterocycles. The number of hydrogen-bond acceptors (Lipinski definition) is 9. The highest BCUT2D eigenvalue weighted by Crippen LogP contribution is 2.28. The van der Waals surface area contributed by atoms with Crippen molar-refractivity contribution in [2.45, 2.75) is 134 Å². The lowest BCUT2D eigenvalue weighted by Crippen LogP contribution is -2.53.